The van der Waals surface area contributed by atoms with Gasteiger partial charge in [0.05, 0.1) is 5.60 Å². The number of methoxy groups -OCH3 is 1. The average Bonchev–Trinajstić information content (AvgIpc) is 2.26. The van der Waals surface area contributed by atoms with Gasteiger partial charge in [0.15, 0.2) is 0 Å². The second-order valence-corrected chi connectivity index (χ2v) is 5.41. The number of rotatable bonds is 5. The zero-order chi connectivity index (χ0) is 11.3. The van der Waals surface area contributed by atoms with E-state index in [1.807, 2.05) is 7.11 Å². The van der Waals surface area contributed by atoms with Crippen molar-refractivity contribution in [3.05, 3.63) is 0 Å². The third-order valence-electron chi connectivity index (χ3n) is 3.84. The van der Waals surface area contributed by atoms with E-state index in [4.69, 9.17) is 10.5 Å². The maximum absolute atomic E-state index is 6.32. The Labute approximate surface area is 94.6 Å². The van der Waals surface area contributed by atoms with Crippen molar-refractivity contribution in [1.29, 1.82) is 0 Å². The van der Waals surface area contributed by atoms with E-state index >= 15 is 0 Å². The largest absolute Gasteiger partial charge is 0.377 e. The lowest BCUT2D eigenvalue weighted by molar-refractivity contribution is -0.0609. The lowest BCUT2D eigenvalue weighted by Crippen LogP contribution is -2.50. The van der Waals surface area contributed by atoms with Crippen LogP contribution in [-0.4, -0.2) is 18.8 Å². The molecule has 1 unspecified atom stereocenters. The van der Waals surface area contributed by atoms with E-state index in [9.17, 15) is 0 Å². The van der Waals surface area contributed by atoms with Crippen LogP contribution in [0.3, 0.4) is 0 Å². The lowest BCUT2D eigenvalue weighted by atomic mass is 9.77. The topological polar surface area (TPSA) is 35.2 Å². The molecule has 1 fully saturated rings. The van der Waals surface area contributed by atoms with Crippen LogP contribution in [0.1, 0.15) is 58.8 Å². The summed E-state index contributed by atoms with van der Waals surface area (Å²) >= 11 is 0. The predicted octanol–water partition coefficient (Wildman–Crippen LogP) is 3.10. The average molecular weight is 213 g/mol. The summed E-state index contributed by atoms with van der Waals surface area (Å²) in [5, 5.41) is 0. The van der Waals surface area contributed by atoms with Crippen LogP contribution >= 0.6 is 0 Å². The number of hydrogen-bond donors (Lipinski definition) is 1. The Kier molecular flexibility index (Phi) is 5.07. The van der Waals surface area contributed by atoms with Crippen molar-refractivity contribution in [3.8, 4) is 0 Å². The Balaban J connectivity index is 2.48. The van der Waals surface area contributed by atoms with Gasteiger partial charge in [-0.2, -0.15) is 0 Å². The van der Waals surface area contributed by atoms with Crippen LogP contribution < -0.4 is 5.73 Å². The van der Waals surface area contributed by atoms with E-state index in [1.54, 1.807) is 0 Å². The highest BCUT2D eigenvalue weighted by molar-refractivity contribution is 4.93. The van der Waals surface area contributed by atoms with Crippen molar-refractivity contribution in [2.45, 2.75) is 70.4 Å². The van der Waals surface area contributed by atoms with E-state index in [0.29, 0.717) is 0 Å². The number of hydrogen-bond acceptors (Lipinski definition) is 2. The van der Waals surface area contributed by atoms with Gasteiger partial charge >= 0.3 is 0 Å². The maximum atomic E-state index is 6.32. The van der Waals surface area contributed by atoms with Crippen LogP contribution in [0.2, 0.25) is 0 Å². The smallest absolute Gasteiger partial charge is 0.0828 e. The van der Waals surface area contributed by atoms with E-state index in [2.05, 4.69) is 13.8 Å². The van der Waals surface area contributed by atoms with Crippen LogP contribution in [0.25, 0.3) is 0 Å². The molecular weight excluding hydrogens is 186 g/mol. The first-order valence-corrected chi connectivity index (χ1v) is 6.41. The van der Waals surface area contributed by atoms with E-state index in [1.165, 1.54) is 25.7 Å². The summed E-state index contributed by atoms with van der Waals surface area (Å²) in [4.78, 5) is 0. The van der Waals surface area contributed by atoms with Gasteiger partial charge in [-0.1, -0.05) is 33.1 Å². The quantitative estimate of drug-likeness (QED) is 0.761. The predicted molar refractivity (Wildman–Crippen MR) is 64.9 cm³/mol. The SMILES string of the molecule is COC1(C(N)CCC(C)C)CCCCC1. The summed E-state index contributed by atoms with van der Waals surface area (Å²) in [6.45, 7) is 4.51. The summed E-state index contributed by atoms with van der Waals surface area (Å²) in [6, 6.07) is 0.227. The molecule has 0 saturated heterocycles. The third kappa shape index (κ3) is 3.46. The van der Waals surface area contributed by atoms with Crippen LogP contribution in [0, 0.1) is 5.92 Å². The summed E-state index contributed by atoms with van der Waals surface area (Å²) in [5.74, 6) is 0.744. The van der Waals surface area contributed by atoms with Crippen LogP contribution in [0.15, 0.2) is 0 Å². The van der Waals surface area contributed by atoms with Crippen molar-refractivity contribution in [3.63, 3.8) is 0 Å². The molecule has 0 radical (unpaired) electrons. The first kappa shape index (κ1) is 13.0. The zero-order valence-electron chi connectivity index (χ0n) is 10.6. The minimum Gasteiger partial charge on any atom is -0.377 e. The molecule has 0 amide bonds. The normalized spacial score (nSPS) is 23.0. The molecule has 2 nitrogen and oxygen atoms in total. The Morgan fingerprint density at radius 3 is 2.20 bits per heavy atom. The van der Waals surface area contributed by atoms with Crippen molar-refractivity contribution >= 4 is 0 Å². The minimum atomic E-state index is -0.00681. The summed E-state index contributed by atoms with van der Waals surface area (Å²) in [5.41, 5.74) is 6.31. The molecule has 2 heteroatoms. The van der Waals surface area contributed by atoms with Gasteiger partial charge in [0.1, 0.15) is 0 Å². The van der Waals surface area contributed by atoms with E-state index in [0.717, 1.165) is 25.2 Å². The van der Waals surface area contributed by atoms with Gasteiger partial charge < -0.3 is 10.5 Å². The fourth-order valence-corrected chi connectivity index (χ4v) is 2.65. The van der Waals surface area contributed by atoms with Crippen molar-refractivity contribution in [2.24, 2.45) is 11.7 Å². The number of nitrogens with two attached hydrogens (primary N) is 1. The highest BCUT2D eigenvalue weighted by Crippen LogP contribution is 2.35. The fraction of sp³-hybridized carbons (Fsp3) is 1.00. The molecule has 0 bridgehead atoms. The maximum Gasteiger partial charge on any atom is 0.0828 e. The Morgan fingerprint density at radius 1 is 1.13 bits per heavy atom. The second kappa shape index (κ2) is 5.86. The minimum absolute atomic E-state index is 0.00681. The summed E-state index contributed by atoms with van der Waals surface area (Å²) in [6.07, 6.45) is 8.54. The van der Waals surface area contributed by atoms with Crippen LogP contribution in [-0.2, 0) is 4.74 Å². The summed E-state index contributed by atoms with van der Waals surface area (Å²) < 4.78 is 5.75. The number of ether oxygens (including phenoxy) is 1. The molecule has 0 aromatic rings. The molecule has 2 N–H and O–H groups in total. The first-order chi connectivity index (χ1) is 7.10. The Bertz CT molecular complexity index is 173. The monoisotopic (exact) mass is 213 g/mol. The first-order valence-electron chi connectivity index (χ1n) is 6.41. The van der Waals surface area contributed by atoms with Gasteiger partial charge in [0.25, 0.3) is 0 Å². The van der Waals surface area contributed by atoms with Gasteiger partial charge in [-0.25, -0.2) is 0 Å². The molecular formula is C13H27NO. The molecule has 0 aliphatic heterocycles. The molecule has 0 spiro atoms. The van der Waals surface area contributed by atoms with E-state index in [-0.39, 0.29) is 11.6 Å². The fourth-order valence-electron chi connectivity index (χ4n) is 2.65. The van der Waals surface area contributed by atoms with Gasteiger partial charge in [-0.05, 0) is 31.6 Å². The van der Waals surface area contributed by atoms with Gasteiger partial charge in [0.2, 0.25) is 0 Å². The molecule has 1 saturated carbocycles. The van der Waals surface area contributed by atoms with Crippen molar-refractivity contribution < 1.29 is 4.74 Å². The van der Waals surface area contributed by atoms with E-state index < -0.39 is 0 Å². The third-order valence-corrected chi connectivity index (χ3v) is 3.84. The van der Waals surface area contributed by atoms with Gasteiger partial charge in [-0.3, -0.25) is 0 Å². The molecule has 1 aliphatic rings. The van der Waals surface area contributed by atoms with Crippen LogP contribution in [0.4, 0.5) is 0 Å². The molecule has 0 heterocycles. The molecule has 15 heavy (non-hydrogen) atoms. The second-order valence-electron chi connectivity index (χ2n) is 5.41. The summed E-state index contributed by atoms with van der Waals surface area (Å²) in [7, 11) is 1.83. The molecule has 0 aromatic carbocycles. The highest BCUT2D eigenvalue weighted by atomic mass is 16.5. The van der Waals surface area contributed by atoms with Gasteiger partial charge in [0, 0.05) is 13.2 Å². The molecule has 1 atom stereocenters. The highest BCUT2D eigenvalue weighted by Gasteiger charge is 2.37. The Hall–Kier alpha value is -0.0800. The molecule has 0 aromatic heterocycles. The van der Waals surface area contributed by atoms with Gasteiger partial charge in [-0.15, -0.1) is 0 Å². The zero-order valence-corrected chi connectivity index (χ0v) is 10.6. The van der Waals surface area contributed by atoms with Crippen LogP contribution in [0.5, 0.6) is 0 Å². The molecule has 90 valence electrons. The standard InChI is InChI=1S/C13H27NO/c1-11(2)7-8-12(14)13(15-3)9-5-4-6-10-13/h11-12H,4-10,14H2,1-3H3. The Morgan fingerprint density at radius 2 is 1.73 bits per heavy atom. The van der Waals surface area contributed by atoms with Crippen molar-refractivity contribution in [2.75, 3.05) is 7.11 Å². The van der Waals surface area contributed by atoms with Crippen molar-refractivity contribution in [1.82, 2.24) is 0 Å². The molecule has 1 aliphatic carbocycles. The lowest BCUT2D eigenvalue weighted by Gasteiger charge is -2.41. The molecule has 1 rings (SSSR count).